The van der Waals surface area contributed by atoms with Gasteiger partial charge in [0.15, 0.2) is 0 Å². The van der Waals surface area contributed by atoms with Gasteiger partial charge in [-0.3, -0.25) is 0 Å². The molecule has 20 heavy (non-hydrogen) atoms. The highest BCUT2D eigenvalue weighted by Crippen LogP contribution is 2.31. The lowest BCUT2D eigenvalue weighted by molar-refractivity contribution is 0.179. The van der Waals surface area contributed by atoms with Crippen LogP contribution in [0, 0.1) is 12.7 Å². The normalized spacial score (nSPS) is 13.8. The van der Waals surface area contributed by atoms with Crippen molar-refractivity contribution in [2.75, 3.05) is 0 Å². The van der Waals surface area contributed by atoms with Crippen LogP contribution in [0.15, 0.2) is 46.9 Å². The maximum atomic E-state index is 13.4. The lowest BCUT2D eigenvalue weighted by Crippen LogP contribution is -2.29. The largest absolute Gasteiger partial charge is 0.483 e. The van der Waals surface area contributed by atoms with Crippen LogP contribution in [-0.2, 0) is 0 Å². The van der Waals surface area contributed by atoms with Crippen molar-refractivity contribution >= 4 is 15.9 Å². The summed E-state index contributed by atoms with van der Waals surface area (Å²) in [6.45, 7) is 3.85. The van der Waals surface area contributed by atoms with E-state index >= 15 is 0 Å². The summed E-state index contributed by atoms with van der Waals surface area (Å²) in [4.78, 5) is 0. The summed E-state index contributed by atoms with van der Waals surface area (Å²) < 4.78 is 20.2. The molecule has 0 bridgehead atoms. The van der Waals surface area contributed by atoms with Gasteiger partial charge < -0.3 is 10.5 Å². The average molecular weight is 338 g/mol. The third kappa shape index (κ3) is 3.58. The summed E-state index contributed by atoms with van der Waals surface area (Å²) in [5.74, 6) is 0.405. The summed E-state index contributed by atoms with van der Waals surface area (Å²) in [6, 6.07) is 11.9. The molecule has 0 aliphatic carbocycles. The molecular weight excluding hydrogens is 321 g/mol. The van der Waals surface area contributed by atoms with Crippen LogP contribution < -0.4 is 10.5 Å². The highest BCUT2D eigenvalue weighted by atomic mass is 79.9. The Bertz CT molecular complexity index is 601. The topological polar surface area (TPSA) is 35.2 Å². The predicted molar refractivity (Wildman–Crippen MR) is 82.3 cm³/mol. The first kappa shape index (κ1) is 15.0. The van der Waals surface area contributed by atoms with Gasteiger partial charge in [-0.1, -0.05) is 18.2 Å². The molecule has 2 N–H and O–H groups in total. The molecule has 0 spiro atoms. The smallest absolute Gasteiger partial charge is 0.139 e. The fraction of sp³-hybridized carbons (Fsp3) is 0.250. The van der Waals surface area contributed by atoms with Gasteiger partial charge >= 0.3 is 0 Å². The molecular formula is C16H17BrFNO. The zero-order valence-corrected chi connectivity index (χ0v) is 13.0. The van der Waals surface area contributed by atoms with Crippen molar-refractivity contribution < 1.29 is 9.13 Å². The van der Waals surface area contributed by atoms with Gasteiger partial charge in [-0.2, -0.15) is 0 Å². The molecule has 106 valence electrons. The molecule has 2 aromatic rings. The van der Waals surface area contributed by atoms with E-state index in [0.717, 1.165) is 15.6 Å². The minimum atomic E-state index is -0.398. The van der Waals surface area contributed by atoms with Gasteiger partial charge in [0.1, 0.15) is 17.7 Å². The molecule has 2 aromatic carbocycles. The Balaban J connectivity index is 2.30. The molecule has 0 heterocycles. The molecule has 4 heteroatoms. The van der Waals surface area contributed by atoms with Crippen LogP contribution in [0.5, 0.6) is 5.75 Å². The molecule has 0 saturated heterocycles. The zero-order valence-electron chi connectivity index (χ0n) is 11.4. The van der Waals surface area contributed by atoms with Crippen LogP contribution in [0.3, 0.4) is 0 Å². The molecule has 0 aliphatic heterocycles. The number of halogens is 2. The fourth-order valence-corrected chi connectivity index (χ4v) is 2.59. The SMILES string of the molecule is Cc1ccc(OC(c2cccc(F)c2)C(C)N)c(Br)c1. The summed E-state index contributed by atoms with van der Waals surface area (Å²) >= 11 is 3.47. The number of hydrogen-bond acceptors (Lipinski definition) is 2. The molecule has 2 nitrogen and oxygen atoms in total. The molecule has 0 fully saturated rings. The first-order valence-corrected chi connectivity index (χ1v) is 7.20. The van der Waals surface area contributed by atoms with Crippen molar-refractivity contribution in [2.24, 2.45) is 5.73 Å². The molecule has 0 saturated carbocycles. The van der Waals surface area contributed by atoms with Crippen molar-refractivity contribution in [1.82, 2.24) is 0 Å². The maximum absolute atomic E-state index is 13.4. The van der Waals surface area contributed by atoms with E-state index in [1.54, 1.807) is 6.07 Å². The van der Waals surface area contributed by atoms with Crippen LogP contribution in [0.1, 0.15) is 24.2 Å². The van der Waals surface area contributed by atoms with Gasteiger partial charge in [-0.05, 0) is 65.2 Å². The number of ether oxygens (including phenoxy) is 1. The van der Waals surface area contributed by atoms with Crippen LogP contribution in [0.2, 0.25) is 0 Å². The lowest BCUT2D eigenvalue weighted by Gasteiger charge is -2.23. The van der Waals surface area contributed by atoms with Crippen molar-refractivity contribution in [3.63, 3.8) is 0 Å². The van der Waals surface area contributed by atoms with Gasteiger partial charge in [-0.15, -0.1) is 0 Å². The summed E-state index contributed by atoms with van der Waals surface area (Å²) in [5.41, 5.74) is 7.84. The molecule has 0 radical (unpaired) electrons. The number of nitrogens with two attached hydrogens (primary N) is 1. The first-order chi connectivity index (χ1) is 9.47. The molecule has 2 unspecified atom stereocenters. The summed E-state index contributed by atoms with van der Waals surface area (Å²) in [7, 11) is 0. The van der Waals surface area contributed by atoms with E-state index in [0.29, 0.717) is 5.75 Å². The van der Waals surface area contributed by atoms with Crippen LogP contribution in [0.4, 0.5) is 4.39 Å². The Morgan fingerprint density at radius 3 is 2.55 bits per heavy atom. The molecule has 0 aliphatic rings. The van der Waals surface area contributed by atoms with E-state index in [-0.39, 0.29) is 11.9 Å². The quantitative estimate of drug-likeness (QED) is 0.899. The molecule has 0 aromatic heterocycles. The van der Waals surface area contributed by atoms with Gasteiger partial charge in [0, 0.05) is 6.04 Å². The minimum Gasteiger partial charge on any atom is -0.483 e. The van der Waals surface area contributed by atoms with Crippen molar-refractivity contribution in [2.45, 2.75) is 26.0 Å². The van der Waals surface area contributed by atoms with Crippen molar-refractivity contribution in [1.29, 1.82) is 0 Å². The van der Waals surface area contributed by atoms with Gasteiger partial charge in [0.25, 0.3) is 0 Å². The Hall–Kier alpha value is -1.39. The lowest BCUT2D eigenvalue weighted by atomic mass is 10.0. The average Bonchev–Trinajstić information content (AvgIpc) is 2.37. The van der Waals surface area contributed by atoms with Crippen LogP contribution in [-0.4, -0.2) is 6.04 Å². The number of rotatable bonds is 4. The Morgan fingerprint density at radius 2 is 1.95 bits per heavy atom. The monoisotopic (exact) mass is 337 g/mol. The van der Waals surface area contributed by atoms with Crippen LogP contribution >= 0.6 is 15.9 Å². The molecule has 2 rings (SSSR count). The summed E-state index contributed by atoms with van der Waals surface area (Å²) in [5, 5.41) is 0. The standard InChI is InChI=1S/C16H17BrFNO/c1-10-6-7-15(14(17)8-10)20-16(11(2)19)12-4-3-5-13(18)9-12/h3-9,11,16H,19H2,1-2H3. The number of benzene rings is 2. The third-order valence-corrected chi connectivity index (χ3v) is 3.62. The van der Waals surface area contributed by atoms with Crippen molar-refractivity contribution in [3.8, 4) is 5.75 Å². The Labute approximate surface area is 126 Å². The summed E-state index contributed by atoms with van der Waals surface area (Å²) in [6.07, 6.45) is -0.398. The van der Waals surface area contributed by atoms with Gasteiger partial charge in [-0.25, -0.2) is 4.39 Å². The Kier molecular flexibility index (Phi) is 4.78. The van der Waals surface area contributed by atoms with Crippen molar-refractivity contribution in [3.05, 3.63) is 63.9 Å². The van der Waals surface area contributed by atoms with E-state index in [1.165, 1.54) is 12.1 Å². The van der Waals surface area contributed by atoms with Gasteiger partial charge in [0.2, 0.25) is 0 Å². The van der Waals surface area contributed by atoms with Gasteiger partial charge in [0.05, 0.1) is 4.47 Å². The fourth-order valence-electron chi connectivity index (χ4n) is 2.00. The minimum absolute atomic E-state index is 0.259. The van der Waals surface area contributed by atoms with E-state index in [1.807, 2.05) is 38.1 Å². The predicted octanol–water partition coefficient (Wildman–Crippen LogP) is 4.36. The van der Waals surface area contributed by atoms with Crippen LogP contribution in [0.25, 0.3) is 0 Å². The zero-order chi connectivity index (χ0) is 14.7. The second kappa shape index (κ2) is 6.37. The first-order valence-electron chi connectivity index (χ1n) is 6.41. The van der Waals surface area contributed by atoms with E-state index in [4.69, 9.17) is 10.5 Å². The second-order valence-electron chi connectivity index (χ2n) is 4.89. The van der Waals surface area contributed by atoms with E-state index < -0.39 is 6.10 Å². The number of aryl methyl sites for hydroxylation is 1. The molecule has 0 amide bonds. The van der Waals surface area contributed by atoms with E-state index in [9.17, 15) is 4.39 Å². The molecule has 2 atom stereocenters. The second-order valence-corrected chi connectivity index (χ2v) is 5.74. The highest BCUT2D eigenvalue weighted by molar-refractivity contribution is 9.10. The third-order valence-electron chi connectivity index (χ3n) is 3.00. The highest BCUT2D eigenvalue weighted by Gasteiger charge is 2.19. The maximum Gasteiger partial charge on any atom is 0.139 e. The Morgan fingerprint density at radius 1 is 1.20 bits per heavy atom. The van der Waals surface area contributed by atoms with E-state index in [2.05, 4.69) is 15.9 Å². The number of hydrogen-bond donors (Lipinski definition) is 1.